The van der Waals surface area contributed by atoms with Gasteiger partial charge in [-0.15, -0.1) is 0 Å². The van der Waals surface area contributed by atoms with Crippen LogP contribution in [0.3, 0.4) is 0 Å². The first kappa shape index (κ1) is 6.27. The van der Waals surface area contributed by atoms with E-state index in [9.17, 15) is 4.79 Å². The lowest BCUT2D eigenvalue weighted by Crippen LogP contribution is -2.17. The Labute approximate surface area is 57.6 Å². The molecule has 8 heavy (non-hydrogen) atoms. The summed E-state index contributed by atoms with van der Waals surface area (Å²) in [5.74, 6) is 0.385. The predicted molar refractivity (Wildman–Crippen MR) is 36.2 cm³/mol. The van der Waals surface area contributed by atoms with Gasteiger partial charge in [-0.3, -0.25) is 4.79 Å². The molecule has 1 nitrogen and oxygen atoms in total. The molecular formula is C6H9BrO. The standard InChI is InChI=1S/C6H9BrO/c7-5-3-1-2-4-6(5)8/h5H,1-4H2/t5-/m1/s1. The van der Waals surface area contributed by atoms with Crippen LogP contribution in [0.1, 0.15) is 25.7 Å². The quantitative estimate of drug-likeness (QED) is 0.516. The second-order valence-electron chi connectivity index (χ2n) is 2.18. The number of halogens is 1. The Kier molecular flexibility index (Phi) is 2.06. The van der Waals surface area contributed by atoms with Crippen molar-refractivity contribution in [2.75, 3.05) is 0 Å². The van der Waals surface area contributed by atoms with Crippen LogP contribution in [0, 0.1) is 0 Å². The Hall–Kier alpha value is 0.150. The Morgan fingerprint density at radius 2 is 2.25 bits per heavy atom. The lowest BCUT2D eigenvalue weighted by atomic mass is 10.00. The van der Waals surface area contributed by atoms with E-state index in [1.807, 2.05) is 0 Å². The highest BCUT2D eigenvalue weighted by atomic mass is 79.9. The number of ketones is 1. The maximum Gasteiger partial charge on any atom is 0.146 e. The monoisotopic (exact) mass is 176 g/mol. The molecule has 1 saturated carbocycles. The van der Waals surface area contributed by atoms with Gasteiger partial charge in [-0.25, -0.2) is 0 Å². The predicted octanol–water partition coefficient (Wildman–Crippen LogP) is 1.89. The van der Waals surface area contributed by atoms with Gasteiger partial charge >= 0.3 is 0 Å². The van der Waals surface area contributed by atoms with Crippen molar-refractivity contribution in [3.05, 3.63) is 0 Å². The summed E-state index contributed by atoms with van der Waals surface area (Å²) < 4.78 is 0. The third-order valence-electron chi connectivity index (χ3n) is 1.48. The molecule has 46 valence electrons. The maximum absolute atomic E-state index is 10.7. The van der Waals surface area contributed by atoms with Gasteiger partial charge in [0, 0.05) is 6.42 Å². The Morgan fingerprint density at radius 1 is 1.50 bits per heavy atom. The summed E-state index contributed by atoms with van der Waals surface area (Å²) in [6.45, 7) is 0. The van der Waals surface area contributed by atoms with E-state index in [2.05, 4.69) is 15.9 Å². The molecule has 0 aromatic rings. The first-order chi connectivity index (χ1) is 3.80. The zero-order valence-electron chi connectivity index (χ0n) is 4.69. The summed E-state index contributed by atoms with van der Waals surface area (Å²) in [5.41, 5.74) is 0. The van der Waals surface area contributed by atoms with Crippen molar-refractivity contribution in [3.8, 4) is 0 Å². The van der Waals surface area contributed by atoms with Gasteiger partial charge < -0.3 is 0 Å². The molecule has 0 radical (unpaired) electrons. The van der Waals surface area contributed by atoms with Crippen LogP contribution in [0.2, 0.25) is 0 Å². The molecule has 0 heterocycles. The second kappa shape index (κ2) is 2.62. The molecule has 0 spiro atoms. The molecule has 0 bridgehead atoms. The number of alkyl halides is 1. The zero-order chi connectivity index (χ0) is 5.98. The summed E-state index contributed by atoms with van der Waals surface area (Å²) in [5, 5.41) is 0. The van der Waals surface area contributed by atoms with Crippen LogP contribution < -0.4 is 0 Å². The molecule has 0 N–H and O–H groups in total. The zero-order valence-corrected chi connectivity index (χ0v) is 6.28. The van der Waals surface area contributed by atoms with Crippen LogP contribution in [0.15, 0.2) is 0 Å². The normalized spacial score (nSPS) is 30.6. The van der Waals surface area contributed by atoms with Gasteiger partial charge in [-0.1, -0.05) is 22.4 Å². The van der Waals surface area contributed by atoms with Crippen molar-refractivity contribution < 1.29 is 4.79 Å². The van der Waals surface area contributed by atoms with Crippen LogP contribution in [0.25, 0.3) is 0 Å². The van der Waals surface area contributed by atoms with Gasteiger partial charge in [0.2, 0.25) is 0 Å². The van der Waals surface area contributed by atoms with E-state index in [1.54, 1.807) is 0 Å². The maximum atomic E-state index is 10.7. The molecule has 0 amide bonds. The minimum atomic E-state index is 0.177. The highest BCUT2D eigenvalue weighted by Crippen LogP contribution is 2.20. The number of rotatable bonds is 0. The van der Waals surface area contributed by atoms with Gasteiger partial charge in [0.1, 0.15) is 5.78 Å². The number of hydrogen-bond donors (Lipinski definition) is 0. The van der Waals surface area contributed by atoms with E-state index in [0.717, 1.165) is 19.3 Å². The van der Waals surface area contributed by atoms with E-state index in [1.165, 1.54) is 6.42 Å². The molecule has 0 aliphatic heterocycles. The van der Waals surface area contributed by atoms with E-state index in [4.69, 9.17) is 0 Å². The van der Waals surface area contributed by atoms with Gasteiger partial charge in [0.05, 0.1) is 4.83 Å². The van der Waals surface area contributed by atoms with Crippen LogP contribution in [0.5, 0.6) is 0 Å². The Bertz CT molecular complexity index is 101. The Morgan fingerprint density at radius 3 is 2.62 bits per heavy atom. The summed E-state index contributed by atoms with van der Waals surface area (Å²) >= 11 is 3.30. The molecule has 1 aliphatic carbocycles. The van der Waals surface area contributed by atoms with E-state index < -0.39 is 0 Å². The minimum absolute atomic E-state index is 0.177. The Balaban J connectivity index is 2.39. The summed E-state index contributed by atoms with van der Waals surface area (Å²) in [6, 6.07) is 0. The smallest absolute Gasteiger partial charge is 0.146 e. The fraction of sp³-hybridized carbons (Fsp3) is 0.833. The van der Waals surface area contributed by atoms with E-state index in [-0.39, 0.29) is 4.83 Å². The SMILES string of the molecule is O=C1CCCC[C@H]1Br. The first-order valence-electron chi connectivity index (χ1n) is 2.97. The van der Waals surface area contributed by atoms with Crippen LogP contribution >= 0.6 is 15.9 Å². The third-order valence-corrected chi connectivity index (χ3v) is 2.45. The highest BCUT2D eigenvalue weighted by Gasteiger charge is 2.17. The molecule has 1 atom stereocenters. The van der Waals surface area contributed by atoms with E-state index >= 15 is 0 Å². The molecule has 1 aliphatic rings. The topological polar surface area (TPSA) is 17.1 Å². The number of carbonyl (C=O) groups excluding carboxylic acids is 1. The summed E-state index contributed by atoms with van der Waals surface area (Å²) in [6.07, 6.45) is 4.14. The fourth-order valence-corrected chi connectivity index (χ4v) is 1.49. The molecule has 0 saturated heterocycles. The number of hydrogen-bond acceptors (Lipinski definition) is 1. The lowest BCUT2D eigenvalue weighted by molar-refractivity contribution is -0.119. The van der Waals surface area contributed by atoms with Crippen molar-refractivity contribution in [1.82, 2.24) is 0 Å². The molecular weight excluding hydrogens is 168 g/mol. The molecule has 0 aromatic heterocycles. The van der Waals surface area contributed by atoms with Gasteiger partial charge in [-0.2, -0.15) is 0 Å². The van der Waals surface area contributed by atoms with Crippen molar-refractivity contribution in [2.45, 2.75) is 30.5 Å². The number of carbonyl (C=O) groups is 1. The van der Waals surface area contributed by atoms with Crippen molar-refractivity contribution >= 4 is 21.7 Å². The van der Waals surface area contributed by atoms with Crippen LogP contribution in [0.4, 0.5) is 0 Å². The van der Waals surface area contributed by atoms with Crippen LogP contribution in [-0.2, 0) is 4.79 Å². The number of Topliss-reactive ketones (excluding diaryl/α,β-unsaturated/α-hetero) is 1. The highest BCUT2D eigenvalue weighted by molar-refractivity contribution is 9.10. The minimum Gasteiger partial charge on any atom is -0.298 e. The second-order valence-corrected chi connectivity index (χ2v) is 3.28. The molecule has 2 heteroatoms. The average molecular weight is 177 g/mol. The molecule has 1 fully saturated rings. The third kappa shape index (κ3) is 1.31. The van der Waals surface area contributed by atoms with Gasteiger partial charge in [-0.05, 0) is 12.8 Å². The van der Waals surface area contributed by atoms with Gasteiger partial charge in [0.15, 0.2) is 0 Å². The molecule has 0 unspecified atom stereocenters. The average Bonchev–Trinajstić information content (AvgIpc) is 1.77. The van der Waals surface area contributed by atoms with Crippen molar-refractivity contribution in [2.24, 2.45) is 0 Å². The lowest BCUT2D eigenvalue weighted by Gasteiger charge is -2.13. The molecule has 1 rings (SSSR count). The summed E-state index contributed by atoms with van der Waals surface area (Å²) in [4.78, 5) is 10.9. The van der Waals surface area contributed by atoms with Gasteiger partial charge in [0.25, 0.3) is 0 Å². The van der Waals surface area contributed by atoms with Crippen LogP contribution in [-0.4, -0.2) is 10.6 Å². The fourth-order valence-electron chi connectivity index (χ4n) is 0.940. The van der Waals surface area contributed by atoms with E-state index in [0.29, 0.717) is 5.78 Å². The van der Waals surface area contributed by atoms with Crippen molar-refractivity contribution in [1.29, 1.82) is 0 Å². The first-order valence-corrected chi connectivity index (χ1v) is 3.89. The summed E-state index contributed by atoms with van der Waals surface area (Å²) in [7, 11) is 0. The largest absolute Gasteiger partial charge is 0.298 e. The molecule has 0 aromatic carbocycles. The van der Waals surface area contributed by atoms with Crippen molar-refractivity contribution in [3.63, 3.8) is 0 Å².